The van der Waals surface area contributed by atoms with Gasteiger partial charge in [-0.2, -0.15) is 0 Å². The summed E-state index contributed by atoms with van der Waals surface area (Å²) in [4.78, 5) is 0. The van der Waals surface area contributed by atoms with E-state index in [1.54, 1.807) is 5.56 Å². The molecular weight excluding hydrogens is 170 g/mol. The highest BCUT2D eigenvalue weighted by molar-refractivity contribution is 5.31. The fraction of sp³-hybridized carbons (Fsp3) is 0.538. The van der Waals surface area contributed by atoms with Gasteiger partial charge in [0, 0.05) is 6.04 Å². The van der Waals surface area contributed by atoms with Crippen LogP contribution in [0.3, 0.4) is 0 Å². The van der Waals surface area contributed by atoms with Gasteiger partial charge in [0.2, 0.25) is 0 Å². The second kappa shape index (κ2) is 4.14. The predicted octanol–water partition coefficient (Wildman–Crippen LogP) is 2.85. The molecule has 14 heavy (non-hydrogen) atoms. The van der Waals surface area contributed by atoms with E-state index in [0.29, 0.717) is 6.04 Å². The van der Waals surface area contributed by atoms with Crippen LogP contribution in [0.2, 0.25) is 0 Å². The van der Waals surface area contributed by atoms with Crippen LogP contribution in [-0.2, 0) is 0 Å². The summed E-state index contributed by atoms with van der Waals surface area (Å²) in [6.07, 6.45) is 4.04. The molecular formula is C13H19N. The zero-order valence-corrected chi connectivity index (χ0v) is 9.09. The molecule has 1 N–H and O–H groups in total. The number of nitrogens with one attached hydrogen (secondary N) is 1. The van der Waals surface area contributed by atoms with Crippen molar-refractivity contribution in [3.05, 3.63) is 35.4 Å². The third-order valence-electron chi connectivity index (χ3n) is 3.47. The molecule has 0 spiro atoms. The van der Waals surface area contributed by atoms with E-state index >= 15 is 0 Å². The Morgan fingerprint density at radius 3 is 2.71 bits per heavy atom. The van der Waals surface area contributed by atoms with E-state index in [1.165, 1.54) is 24.8 Å². The van der Waals surface area contributed by atoms with E-state index < -0.39 is 0 Å². The minimum absolute atomic E-state index is 0.691. The SMILES string of the molecule is CNC1CCCC1c1ccccc1C. The summed E-state index contributed by atoms with van der Waals surface area (Å²) in [6, 6.07) is 9.49. The third kappa shape index (κ3) is 1.69. The second-order valence-electron chi connectivity index (χ2n) is 4.29. The summed E-state index contributed by atoms with van der Waals surface area (Å²) in [5.41, 5.74) is 2.99. The average molecular weight is 189 g/mol. The summed E-state index contributed by atoms with van der Waals surface area (Å²) >= 11 is 0. The molecule has 2 rings (SSSR count). The van der Waals surface area contributed by atoms with Gasteiger partial charge in [0.1, 0.15) is 0 Å². The Morgan fingerprint density at radius 2 is 2.00 bits per heavy atom. The average Bonchev–Trinajstić information content (AvgIpc) is 2.66. The van der Waals surface area contributed by atoms with Gasteiger partial charge in [-0.3, -0.25) is 0 Å². The maximum absolute atomic E-state index is 3.44. The van der Waals surface area contributed by atoms with E-state index in [-0.39, 0.29) is 0 Å². The molecule has 0 saturated heterocycles. The zero-order valence-electron chi connectivity index (χ0n) is 9.09. The molecule has 0 amide bonds. The van der Waals surface area contributed by atoms with Gasteiger partial charge < -0.3 is 5.32 Å². The lowest BCUT2D eigenvalue weighted by atomic mass is 9.91. The fourth-order valence-electron chi connectivity index (χ4n) is 2.68. The number of benzene rings is 1. The van der Waals surface area contributed by atoms with Gasteiger partial charge in [0.05, 0.1) is 0 Å². The maximum Gasteiger partial charge on any atom is 0.0133 e. The molecule has 1 nitrogen and oxygen atoms in total. The molecule has 0 aliphatic heterocycles. The number of hydrogen-bond acceptors (Lipinski definition) is 1. The standard InChI is InChI=1S/C13H19N/c1-10-6-3-4-7-11(10)12-8-5-9-13(12)14-2/h3-4,6-7,12-14H,5,8-9H2,1-2H3. The van der Waals surface area contributed by atoms with Crippen molar-refractivity contribution in [3.63, 3.8) is 0 Å². The number of rotatable bonds is 2. The number of aryl methyl sites for hydroxylation is 1. The fourth-order valence-corrected chi connectivity index (χ4v) is 2.68. The Labute approximate surface area is 86.5 Å². The molecule has 0 aromatic heterocycles. The quantitative estimate of drug-likeness (QED) is 0.754. The lowest BCUT2D eigenvalue weighted by molar-refractivity contribution is 0.521. The smallest absolute Gasteiger partial charge is 0.0133 e. The molecule has 1 aromatic carbocycles. The molecule has 0 radical (unpaired) electrons. The summed E-state index contributed by atoms with van der Waals surface area (Å²) < 4.78 is 0. The normalized spacial score (nSPS) is 26.7. The second-order valence-corrected chi connectivity index (χ2v) is 4.29. The van der Waals surface area contributed by atoms with Gasteiger partial charge >= 0.3 is 0 Å². The van der Waals surface area contributed by atoms with Crippen molar-refractivity contribution in [2.45, 2.75) is 38.1 Å². The Bertz CT molecular complexity index is 306. The van der Waals surface area contributed by atoms with Crippen LogP contribution in [0, 0.1) is 6.92 Å². The Balaban J connectivity index is 2.26. The lowest BCUT2D eigenvalue weighted by Gasteiger charge is -2.21. The van der Waals surface area contributed by atoms with Gasteiger partial charge in [-0.15, -0.1) is 0 Å². The minimum Gasteiger partial charge on any atom is -0.316 e. The zero-order chi connectivity index (χ0) is 9.97. The first kappa shape index (κ1) is 9.72. The van der Waals surface area contributed by atoms with Crippen molar-refractivity contribution in [3.8, 4) is 0 Å². The Hall–Kier alpha value is -0.820. The summed E-state index contributed by atoms with van der Waals surface area (Å²) in [5, 5.41) is 3.44. The van der Waals surface area contributed by atoms with Crippen LogP contribution in [0.15, 0.2) is 24.3 Å². The van der Waals surface area contributed by atoms with E-state index in [1.807, 2.05) is 0 Å². The van der Waals surface area contributed by atoms with Gasteiger partial charge in [-0.05, 0) is 43.9 Å². The highest BCUT2D eigenvalue weighted by Crippen LogP contribution is 2.35. The van der Waals surface area contributed by atoms with Gasteiger partial charge in [-0.1, -0.05) is 30.7 Å². The lowest BCUT2D eigenvalue weighted by Crippen LogP contribution is -2.27. The third-order valence-corrected chi connectivity index (χ3v) is 3.47. The van der Waals surface area contributed by atoms with Crippen LogP contribution in [0.5, 0.6) is 0 Å². The van der Waals surface area contributed by atoms with E-state index in [9.17, 15) is 0 Å². The van der Waals surface area contributed by atoms with Crippen molar-refractivity contribution in [1.82, 2.24) is 5.32 Å². The molecule has 2 unspecified atom stereocenters. The maximum atomic E-state index is 3.44. The van der Waals surface area contributed by atoms with Crippen LogP contribution in [0.4, 0.5) is 0 Å². The summed E-state index contributed by atoms with van der Waals surface area (Å²) in [7, 11) is 2.08. The van der Waals surface area contributed by atoms with E-state index in [4.69, 9.17) is 0 Å². The van der Waals surface area contributed by atoms with Crippen molar-refractivity contribution in [2.75, 3.05) is 7.05 Å². The van der Waals surface area contributed by atoms with Gasteiger partial charge in [-0.25, -0.2) is 0 Å². The van der Waals surface area contributed by atoms with Crippen LogP contribution in [0.1, 0.15) is 36.3 Å². The monoisotopic (exact) mass is 189 g/mol. The summed E-state index contributed by atoms with van der Waals surface area (Å²) in [6.45, 7) is 2.22. The first-order valence-corrected chi connectivity index (χ1v) is 5.55. The van der Waals surface area contributed by atoms with Crippen molar-refractivity contribution >= 4 is 0 Å². The Kier molecular flexibility index (Phi) is 2.87. The van der Waals surface area contributed by atoms with Crippen molar-refractivity contribution in [1.29, 1.82) is 0 Å². The van der Waals surface area contributed by atoms with Crippen molar-refractivity contribution in [2.24, 2.45) is 0 Å². The first-order valence-electron chi connectivity index (χ1n) is 5.55. The van der Waals surface area contributed by atoms with Crippen LogP contribution < -0.4 is 5.32 Å². The van der Waals surface area contributed by atoms with E-state index in [2.05, 4.69) is 43.6 Å². The predicted molar refractivity (Wildman–Crippen MR) is 60.6 cm³/mol. The highest BCUT2D eigenvalue weighted by atomic mass is 14.9. The molecule has 1 fully saturated rings. The van der Waals surface area contributed by atoms with Crippen molar-refractivity contribution < 1.29 is 0 Å². The van der Waals surface area contributed by atoms with Crippen LogP contribution in [-0.4, -0.2) is 13.1 Å². The highest BCUT2D eigenvalue weighted by Gasteiger charge is 2.27. The molecule has 76 valence electrons. The van der Waals surface area contributed by atoms with Crippen LogP contribution in [0.25, 0.3) is 0 Å². The molecule has 2 atom stereocenters. The molecule has 1 aliphatic rings. The number of hydrogen-bond donors (Lipinski definition) is 1. The van der Waals surface area contributed by atoms with E-state index in [0.717, 1.165) is 5.92 Å². The molecule has 0 bridgehead atoms. The Morgan fingerprint density at radius 1 is 1.21 bits per heavy atom. The summed E-state index contributed by atoms with van der Waals surface area (Å²) in [5.74, 6) is 0.737. The molecule has 1 heteroatoms. The molecule has 1 saturated carbocycles. The topological polar surface area (TPSA) is 12.0 Å². The molecule has 1 aromatic rings. The number of likely N-dealkylation sites (N-methyl/N-ethyl adjacent to an activating group) is 1. The van der Waals surface area contributed by atoms with Crippen LogP contribution >= 0.6 is 0 Å². The van der Waals surface area contributed by atoms with Gasteiger partial charge in [0.15, 0.2) is 0 Å². The first-order chi connectivity index (χ1) is 6.83. The minimum atomic E-state index is 0.691. The van der Waals surface area contributed by atoms with Gasteiger partial charge in [0.25, 0.3) is 0 Å². The molecule has 0 heterocycles. The molecule has 1 aliphatic carbocycles. The largest absolute Gasteiger partial charge is 0.316 e.